The Hall–Kier alpha value is -0.770. The van der Waals surface area contributed by atoms with E-state index in [-0.39, 0.29) is 6.04 Å². The Morgan fingerprint density at radius 1 is 1.53 bits per heavy atom. The number of methoxy groups -OCH3 is 1. The van der Waals surface area contributed by atoms with E-state index in [0.29, 0.717) is 5.02 Å². The van der Waals surface area contributed by atoms with Gasteiger partial charge in [0.25, 0.3) is 0 Å². The molecule has 0 saturated carbocycles. The average Bonchev–Trinajstić information content (AvgIpc) is 2.25. The fourth-order valence-corrected chi connectivity index (χ4v) is 1.66. The van der Waals surface area contributed by atoms with Gasteiger partial charge >= 0.3 is 0 Å². The fraction of sp³-hybridized carbons (Fsp3) is 0.455. The summed E-state index contributed by atoms with van der Waals surface area (Å²) in [6.45, 7) is 3.67. The van der Waals surface area contributed by atoms with E-state index >= 15 is 0 Å². The van der Waals surface area contributed by atoms with Crippen LogP contribution in [0.1, 0.15) is 18.5 Å². The van der Waals surface area contributed by atoms with Crippen molar-refractivity contribution in [2.45, 2.75) is 13.0 Å². The van der Waals surface area contributed by atoms with Crippen LogP contribution < -0.4 is 15.8 Å². The normalized spacial score (nSPS) is 12.5. The minimum atomic E-state index is -0.0802. The van der Waals surface area contributed by atoms with Gasteiger partial charge in [0.2, 0.25) is 0 Å². The third-order valence-corrected chi connectivity index (χ3v) is 2.55. The maximum Gasteiger partial charge on any atom is 0.120 e. The summed E-state index contributed by atoms with van der Waals surface area (Å²) in [5, 5.41) is 3.84. The Morgan fingerprint density at radius 3 is 2.80 bits per heavy atom. The van der Waals surface area contributed by atoms with E-state index in [1.54, 1.807) is 13.2 Å². The SMILES string of the molecule is CCNCC(N)c1ccc(OC)cc1Cl. The number of hydrogen-bond donors (Lipinski definition) is 2. The van der Waals surface area contributed by atoms with Crippen molar-refractivity contribution in [3.8, 4) is 5.75 Å². The lowest BCUT2D eigenvalue weighted by atomic mass is 10.1. The van der Waals surface area contributed by atoms with Crippen LogP contribution in [-0.2, 0) is 0 Å². The van der Waals surface area contributed by atoms with Crippen LogP contribution in [0.25, 0.3) is 0 Å². The monoisotopic (exact) mass is 228 g/mol. The molecule has 3 nitrogen and oxygen atoms in total. The zero-order chi connectivity index (χ0) is 11.3. The summed E-state index contributed by atoms with van der Waals surface area (Å²) in [5.41, 5.74) is 6.93. The smallest absolute Gasteiger partial charge is 0.120 e. The summed E-state index contributed by atoms with van der Waals surface area (Å²) < 4.78 is 5.07. The Kier molecular flexibility index (Phi) is 4.88. The third-order valence-electron chi connectivity index (χ3n) is 2.22. The zero-order valence-corrected chi connectivity index (χ0v) is 9.84. The van der Waals surface area contributed by atoms with Crippen molar-refractivity contribution < 1.29 is 4.74 Å². The van der Waals surface area contributed by atoms with Gasteiger partial charge in [0.1, 0.15) is 5.75 Å². The van der Waals surface area contributed by atoms with Crippen LogP contribution in [-0.4, -0.2) is 20.2 Å². The quantitative estimate of drug-likeness (QED) is 0.810. The predicted molar refractivity (Wildman–Crippen MR) is 63.5 cm³/mol. The molecule has 1 aromatic carbocycles. The molecule has 0 aliphatic carbocycles. The highest BCUT2D eigenvalue weighted by atomic mass is 35.5. The first-order chi connectivity index (χ1) is 7.19. The van der Waals surface area contributed by atoms with Crippen molar-refractivity contribution in [1.29, 1.82) is 0 Å². The molecule has 0 heterocycles. The summed E-state index contributed by atoms with van der Waals surface area (Å²) in [6.07, 6.45) is 0. The van der Waals surface area contributed by atoms with E-state index < -0.39 is 0 Å². The molecule has 0 aliphatic rings. The van der Waals surface area contributed by atoms with E-state index in [2.05, 4.69) is 5.32 Å². The summed E-state index contributed by atoms with van der Waals surface area (Å²) in [7, 11) is 1.61. The first-order valence-corrected chi connectivity index (χ1v) is 5.36. The highest BCUT2D eigenvalue weighted by Gasteiger charge is 2.10. The molecule has 0 spiro atoms. The molecule has 4 heteroatoms. The molecule has 15 heavy (non-hydrogen) atoms. The summed E-state index contributed by atoms with van der Waals surface area (Å²) in [6, 6.07) is 5.47. The van der Waals surface area contributed by atoms with E-state index in [0.717, 1.165) is 24.4 Å². The molecule has 84 valence electrons. The lowest BCUT2D eigenvalue weighted by Gasteiger charge is -2.14. The molecule has 3 N–H and O–H groups in total. The number of benzene rings is 1. The zero-order valence-electron chi connectivity index (χ0n) is 9.09. The molecule has 1 aromatic rings. The number of likely N-dealkylation sites (N-methyl/N-ethyl adjacent to an activating group) is 1. The lowest BCUT2D eigenvalue weighted by molar-refractivity contribution is 0.414. The number of nitrogens with one attached hydrogen (secondary N) is 1. The molecule has 0 fully saturated rings. The van der Waals surface area contributed by atoms with Crippen LogP contribution in [0.2, 0.25) is 5.02 Å². The number of hydrogen-bond acceptors (Lipinski definition) is 3. The molecule has 1 rings (SSSR count). The Morgan fingerprint density at radius 2 is 2.27 bits per heavy atom. The van der Waals surface area contributed by atoms with E-state index in [1.807, 2.05) is 19.1 Å². The molecule has 0 amide bonds. The maximum absolute atomic E-state index is 6.09. The van der Waals surface area contributed by atoms with E-state index in [1.165, 1.54) is 0 Å². The first-order valence-electron chi connectivity index (χ1n) is 4.98. The lowest BCUT2D eigenvalue weighted by Crippen LogP contribution is -2.26. The Balaban J connectivity index is 2.76. The highest BCUT2D eigenvalue weighted by molar-refractivity contribution is 6.31. The van der Waals surface area contributed by atoms with Crippen LogP contribution >= 0.6 is 11.6 Å². The standard InChI is InChI=1S/C11H17ClN2O/c1-3-14-7-11(13)9-5-4-8(15-2)6-10(9)12/h4-6,11,14H,3,7,13H2,1-2H3. The van der Waals surface area contributed by atoms with Crippen molar-refractivity contribution >= 4 is 11.6 Å². The second kappa shape index (κ2) is 5.95. The van der Waals surface area contributed by atoms with Crippen LogP contribution in [0.4, 0.5) is 0 Å². The highest BCUT2D eigenvalue weighted by Crippen LogP contribution is 2.25. The van der Waals surface area contributed by atoms with Gasteiger partial charge in [-0.15, -0.1) is 0 Å². The van der Waals surface area contributed by atoms with Gasteiger partial charge in [-0.1, -0.05) is 24.6 Å². The van der Waals surface area contributed by atoms with Crippen molar-refractivity contribution in [1.82, 2.24) is 5.32 Å². The topological polar surface area (TPSA) is 47.3 Å². The number of rotatable bonds is 5. The fourth-order valence-electron chi connectivity index (χ4n) is 1.35. The van der Waals surface area contributed by atoms with Gasteiger partial charge in [0.15, 0.2) is 0 Å². The second-order valence-electron chi connectivity index (χ2n) is 3.30. The van der Waals surface area contributed by atoms with Crippen LogP contribution in [0, 0.1) is 0 Å². The molecule has 0 radical (unpaired) electrons. The van der Waals surface area contributed by atoms with Gasteiger partial charge in [-0.25, -0.2) is 0 Å². The van der Waals surface area contributed by atoms with Crippen molar-refractivity contribution in [2.75, 3.05) is 20.2 Å². The van der Waals surface area contributed by atoms with Crippen LogP contribution in [0.5, 0.6) is 5.75 Å². The molecule has 1 unspecified atom stereocenters. The van der Waals surface area contributed by atoms with E-state index in [4.69, 9.17) is 22.1 Å². The van der Waals surface area contributed by atoms with Gasteiger partial charge in [-0.2, -0.15) is 0 Å². The van der Waals surface area contributed by atoms with Gasteiger partial charge < -0.3 is 15.8 Å². The Labute approximate surface area is 95.6 Å². The average molecular weight is 229 g/mol. The molecule has 0 aliphatic heterocycles. The van der Waals surface area contributed by atoms with Gasteiger partial charge in [0.05, 0.1) is 7.11 Å². The first kappa shape index (κ1) is 12.3. The second-order valence-corrected chi connectivity index (χ2v) is 3.71. The Bertz CT molecular complexity index is 317. The van der Waals surface area contributed by atoms with Gasteiger partial charge in [-0.05, 0) is 24.2 Å². The summed E-state index contributed by atoms with van der Waals surface area (Å²) in [5.74, 6) is 0.749. The summed E-state index contributed by atoms with van der Waals surface area (Å²) >= 11 is 6.09. The number of halogens is 1. The third kappa shape index (κ3) is 3.38. The van der Waals surface area contributed by atoms with Crippen molar-refractivity contribution in [2.24, 2.45) is 5.73 Å². The minimum Gasteiger partial charge on any atom is -0.497 e. The molecular formula is C11H17ClN2O. The van der Waals surface area contributed by atoms with Crippen LogP contribution in [0.3, 0.4) is 0 Å². The largest absolute Gasteiger partial charge is 0.497 e. The molecule has 0 saturated heterocycles. The molecule has 0 aromatic heterocycles. The van der Waals surface area contributed by atoms with Gasteiger partial charge in [-0.3, -0.25) is 0 Å². The maximum atomic E-state index is 6.09. The van der Waals surface area contributed by atoms with Crippen molar-refractivity contribution in [3.63, 3.8) is 0 Å². The van der Waals surface area contributed by atoms with E-state index in [9.17, 15) is 0 Å². The molecular weight excluding hydrogens is 212 g/mol. The number of ether oxygens (including phenoxy) is 1. The molecule has 1 atom stereocenters. The molecule has 0 bridgehead atoms. The number of nitrogens with two attached hydrogens (primary N) is 1. The van der Waals surface area contributed by atoms with Crippen LogP contribution in [0.15, 0.2) is 18.2 Å². The minimum absolute atomic E-state index is 0.0802. The summed E-state index contributed by atoms with van der Waals surface area (Å²) in [4.78, 5) is 0. The predicted octanol–water partition coefficient (Wildman–Crippen LogP) is 1.96. The van der Waals surface area contributed by atoms with Crippen molar-refractivity contribution in [3.05, 3.63) is 28.8 Å². The van der Waals surface area contributed by atoms with Gasteiger partial charge in [0, 0.05) is 17.6 Å².